The second-order valence-corrected chi connectivity index (χ2v) is 9.47. The Morgan fingerprint density at radius 2 is 2.04 bits per heavy atom. The van der Waals surface area contributed by atoms with Crippen LogP contribution >= 0.6 is 11.3 Å². The maximum absolute atomic E-state index is 12.5. The van der Waals surface area contributed by atoms with E-state index in [9.17, 15) is 8.42 Å². The number of piperidine rings is 1. The van der Waals surface area contributed by atoms with Crippen LogP contribution in [0, 0.1) is 5.92 Å². The van der Waals surface area contributed by atoms with E-state index < -0.39 is 10.2 Å². The number of nitrogens with zero attached hydrogens (tertiary/aromatic N) is 5. The minimum absolute atomic E-state index is 0.235. The van der Waals surface area contributed by atoms with E-state index in [1.807, 2.05) is 0 Å². The summed E-state index contributed by atoms with van der Waals surface area (Å²) in [7, 11) is 1.42. The highest BCUT2D eigenvalue weighted by molar-refractivity contribution is 7.86. The Bertz CT molecular complexity index is 648. The molecule has 2 atom stereocenters. The Morgan fingerprint density at radius 1 is 1.26 bits per heavy atom. The average Bonchev–Trinajstić information content (AvgIpc) is 2.75. The summed E-state index contributed by atoms with van der Waals surface area (Å²) in [4.78, 5) is 2.35. The molecule has 0 amide bonds. The van der Waals surface area contributed by atoms with Crippen LogP contribution in [0.3, 0.4) is 0 Å². The Balaban J connectivity index is 1.74. The molecule has 8 nitrogen and oxygen atoms in total. The highest BCUT2D eigenvalue weighted by atomic mass is 32.2. The molecule has 0 saturated carbocycles. The predicted octanol–water partition coefficient (Wildman–Crippen LogP) is 0.249. The first-order valence-corrected chi connectivity index (χ1v) is 9.89. The highest BCUT2D eigenvalue weighted by Crippen LogP contribution is 2.31. The first kappa shape index (κ1) is 17.0. The van der Waals surface area contributed by atoms with Gasteiger partial charge >= 0.3 is 0 Å². The topological polar surface area (TPSA) is 78.9 Å². The first-order chi connectivity index (χ1) is 10.9. The first-order valence-electron chi connectivity index (χ1n) is 7.68. The molecule has 2 bridgehead atoms. The van der Waals surface area contributed by atoms with Gasteiger partial charge in [0.15, 0.2) is 0 Å². The number of aromatic nitrogens is 2. The van der Waals surface area contributed by atoms with Gasteiger partial charge < -0.3 is 4.74 Å². The normalized spacial score (nSPS) is 26.6. The third kappa shape index (κ3) is 3.50. The van der Waals surface area contributed by atoms with E-state index in [0.29, 0.717) is 30.7 Å². The molecule has 3 saturated heterocycles. The van der Waals surface area contributed by atoms with Gasteiger partial charge in [-0.25, -0.2) is 0 Å². The van der Waals surface area contributed by atoms with Gasteiger partial charge in [-0.05, 0) is 18.8 Å². The molecule has 3 fully saturated rings. The monoisotopic (exact) mass is 361 g/mol. The van der Waals surface area contributed by atoms with Crippen LogP contribution in [0.4, 0.5) is 0 Å². The zero-order valence-corrected chi connectivity index (χ0v) is 15.3. The molecule has 4 rings (SSSR count). The molecule has 23 heavy (non-hydrogen) atoms. The van der Waals surface area contributed by atoms with Gasteiger partial charge in [-0.15, -0.1) is 10.2 Å². The largest absolute Gasteiger partial charge is 0.472 e. The van der Waals surface area contributed by atoms with E-state index in [1.54, 1.807) is 25.5 Å². The van der Waals surface area contributed by atoms with Gasteiger partial charge in [-0.3, -0.25) is 4.90 Å². The Labute approximate surface area is 141 Å². The molecule has 130 valence electrons. The fourth-order valence-corrected chi connectivity index (χ4v) is 5.21. The molecule has 0 spiro atoms. The highest BCUT2D eigenvalue weighted by Gasteiger charge is 2.39. The molecule has 1 aromatic heterocycles. The standard InChI is InChI=1S/C13H23N5O3S2/c1-16(2)23(19,20)18-7-10-4-5-11(8-18)17(6-10)9-12-14-15-13(21-3)22-12/h10-11H,4-9H2,1-3H3/t10-,11-/m0/s1. The number of hydrogen-bond acceptors (Lipinski definition) is 7. The number of rotatable bonds is 5. The fourth-order valence-electron chi connectivity index (χ4n) is 3.31. The van der Waals surface area contributed by atoms with Gasteiger partial charge in [0.1, 0.15) is 5.01 Å². The molecule has 3 aliphatic rings. The quantitative estimate of drug-likeness (QED) is 0.748. The van der Waals surface area contributed by atoms with E-state index in [1.165, 1.54) is 15.6 Å². The number of ether oxygens (including phenoxy) is 1. The summed E-state index contributed by atoms with van der Waals surface area (Å²) in [6.45, 7) is 2.77. The molecule has 3 aliphatic heterocycles. The molecule has 0 radical (unpaired) electrons. The van der Waals surface area contributed by atoms with Crippen molar-refractivity contribution in [1.82, 2.24) is 23.7 Å². The lowest BCUT2D eigenvalue weighted by Crippen LogP contribution is -2.45. The van der Waals surface area contributed by atoms with Crippen molar-refractivity contribution in [1.29, 1.82) is 0 Å². The smallest absolute Gasteiger partial charge is 0.293 e. The van der Waals surface area contributed by atoms with Crippen LogP contribution in [-0.2, 0) is 16.8 Å². The maximum atomic E-state index is 12.5. The van der Waals surface area contributed by atoms with Crippen molar-refractivity contribution < 1.29 is 13.2 Å². The summed E-state index contributed by atoms with van der Waals surface area (Å²) in [5, 5.41) is 9.60. The maximum Gasteiger partial charge on any atom is 0.293 e. The van der Waals surface area contributed by atoms with Crippen molar-refractivity contribution in [3.8, 4) is 5.19 Å². The molecule has 0 aliphatic carbocycles. The minimum atomic E-state index is -3.35. The molecule has 0 aromatic carbocycles. The third-order valence-corrected chi connectivity index (χ3v) is 7.29. The van der Waals surface area contributed by atoms with E-state index in [-0.39, 0.29) is 6.04 Å². The molecular formula is C13H23N5O3S2. The van der Waals surface area contributed by atoms with E-state index in [2.05, 4.69) is 15.1 Å². The molecule has 0 unspecified atom stereocenters. The van der Waals surface area contributed by atoms with Crippen molar-refractivity contribution in [2.75, 3.05) is 40.8 Å². The van der Waals surface area contributed by atoms with Crippen molar-refractivity contribution in [3.05, 3.63) is 5.01 Å². The van der Waals surface area contributed by atoms with Crippen LogP contribution in [0.25, 0.3) is 0 Å². The molecular weight excluding hydrogens is 338 g/mol. The lowest BCUT2D eigenvalue weighted by atomic mass is 9.95. The Hall–Kier alpha value is -0.810. The fraction of sp³-hybridized carbons (Fsp3) is 0.846. The summed E-state index contributed by atoms with van der Waals surface area (Å²) in [6.07, 6.45) is 2.11. The summed E-state index contributed by atoms with van der Waals surface area (Å²) in [5.74, 6) is 0.373. The lowest BCUT2D eigenvalue weighted by molar-refractivity contribution is 0.125. The van der Waals surface area contributed by atoms with Gasteiger partial charge in [0.2, 0.25) is 0 Å². The van der Waals surface area contributed by atoms with Crippen molar-refractivity contribution in [2.45, 2.75) is 25.4 Å². The number of hydrogen-bond donors (Lipinski definition) is 0. The van der Waals surface area contributed by atoms with Crippen molar-refractivity contribution in [3.63, 3.8) is 0 Å². The SMILES string of the molecule is COc1nnc(CN2C[C@@H]3CC[C@H]2CN(S(=O)(=O)N(C)C)C3)s1. The number of methoxy groups -OCH3 is 1. The van der Waals surface area contributed by atoms with Crippen LogP contribution < -0.4 is 4.74 Å². The second kappa shape index (κ2) is 6.60. The summed E-state index contributed by atoms with van der Waals surface area (Å²) < 4.78 is 33.0. The van der Waals surface area contributed by atoms with Gasteiger partial charge in [-0.2, -0.15) is 17.0 Å². The molecule has 10 heteroatoms. The summed E-state index contributed by atoms with van der Waals surface area (Å²) >= 11 is 1.45. The van der Waals surface area contributed by atoms with E-state index in [4.69, 9.17) is 4.74 Å². The van der Waals surface area contributed by atoms with Crippen LogP contribution in [0.5, 0.6) is 5.19 Å². The van der Waals surface area contributed by atoms with Gasteiger partial charge in [0.25, 0.3) is 15.4 Å². The number of fused-ring (bicyclic) bond motifs is 4. The van der Waals surface area contributed by atoms with E-state index in [0.717, 1.165) is 24.4 Å². The Morgan fingerprint density at radius 3 is 2.70 bits per heavy atom. The molecule has 4 heterocycles. The molecule has 1 aromatic rings. The van der Waals surface area contributed by atoms with Crippen molar-refractivity contribution in [2.24, 2.45) is 5.92 Å². The van der Waals surface area contributed by atoms with Crippen LogP contribution in [0.1, 0.15) is 17.8 Å². The summed E-state index contributed by atoms with van der Waals surface area (Å²) in [5.41, 5.74) is 0. The third-order valence-electron chi connectivity index (χ3n) is 4.54. The van der Waals surface area contributed by atoms with Crippen LogP contribution in [0.2, 0.25) is 0 Å². The lowest BCUT2D eigenvalue weighted by Gasteiger charge is -2.35. The Kier molecular flexibility index (Phi) is 4.88. The van der Waals surface area contributed by atoms with Crippen LogP contribution in [-0.4, -0.2) is 79.0 Å². The van der Waals surface area contributed by atoms with Crippen molar-refractivity contribution >= 4 is 21.5 Å². The molecule has 0 N–H and O–H groups in total. The predicted molar refractivity (Wildman–Crippen MR) is 87.6 cm³/mol. The zero-order valence-electron chi connectivity index (χ0n) is 13.7. The van der Waals surface area contributed by atoms with Crippen LogP contribution in [0.15, 0.2) is 0 Å². The van der Waals surface area contributed by atoms with Gasteiger partial charge in [0, 0.05) is 39.8 Å². The zero-order chi connectivity index (χ0) is 16.6. The van der Waals surface area contributed by atoms with Gasteiger partial charge in [0.05, 0.1) is 13.7 Å². The van der Waals surface area contributed by atoms with Gasteiger partial charge in [-0.1, -0.05) is 11.3 Å². The summed E-state index contributed by atoms with van der Waals surface area (Å²) in [6, 6.07) is 0.235. The minimum Gasteiger partial charge on any atom is -0.472 e. The second-order valence-electron chi connectivity index (χ2n) is 6.30. The van der Waals surface area contributed by atoms with E-state index >= 15 is 0 Å². The average molecular weight is 361 g/mol.